The van der Waals surface area contributed by atoms with Gasteiger partial charge in [-0.15, -0.1) is 5.10 Å². The predicted molar refractivity (Wildman–Crippen MR) is 75.6 cm³/mol. The van der Waals surface area contributed by atoms with Crippen LogP contribution in [0, 0.1) is 6.92 Å². The fraction of sp³-hybridized carbons (Fsp3) is 0.385. The van der Waals surface area contributed by atoms with Crippen LogP contribution in [-0.2, 0) is 0 Å². The summed E-state index contributed by atoms with van der Waals surface area (Å²) >= 11 is 3.45. The lowest BCUT2D eigenvalue weighted by Crippen LogP contribution is -2.10. The quantitative estimate of drug-likeness (QED) is 0.944. The molecule has 4 nitrogen and oxygen atoms in total. The van der Waals surface area contributed by atoms with Crippen molar-refractivity contribution < 1.29 is 0 Å². The minimum atomic E-state index is -0.0282. The average molecular weight is 309 g/mol. The van der Waals surface area contributed by atoms with Gasteiger partial charge in [0.15, 0.2) is 0 Å². The maximum absolute atomic E-state index is 6.04. The first-order valence-corrected chi connectivity index (χ1v) is 6.85. The van der Waals surface area contributed by atoms with Gasteiger partial charge in [0.1, 0.15) is 0 Å². The van der Waals surface area contributed by atoms with Crippen molar-refractivity contribution in [2.24, 2.45) is 5.73 Å². The molecule has 1 aromatic heterocycles. The summed E-state index contributed by atoms with van der Waals surface area (Å²) in [6, 6.07) is 6.04. The lowest BCUT2D eigenvalue weighted by atomic mass is 10.1. The Morgan fingerprint density at radius 2 is 2.22 bits per heavy atom. The second-order valence-corrected chi connectivity index (χ2v) is 5.33. The highest BCUT2D eigenvalue weighted by Crippen LogP contribution is 2.20. The normalized spacial score (nSPS) is 12.7. The van der Waals surface area contributed by atoms with Crippen molar-refractivity contribution in [2.75, 3.05) is 0 Å². The van der Waals surface area contributed by atoms with Crippen LogP contribution in [0.5, 0.6) is 0 Å². The Hall–Kier alpha value is -1.20. The molecule has 2 aromatic rings. The van der Waals surface area contributed by atoms with Gasteiger partial charge in [0.25, 0.3) is 0 Å². The van der Waals surface area contributed by atoms with Crippen molar-refractivity contribution in [1.82, 2.24) is 15.0 Å². The van der Waals surface area contributed by atoms with Crippen molar-refractivity contribution >= 4 is 15.9 Å². The number of aryl methyl sites for hydroxylation is 1. The van der Waals surface area contributed by atoms with Gasteiger partial charge >= 0.3 is 0 Å². The molecule has 96 valence electrons. The molecule has 1 unspecified atom stereocenters. The molecule has 0 aliphatic carbocycles. The van der Waals surface area contributed by atoms with Crippen molar-refractivity contribution in [1.29, 1.82) is 0 Å². The van der Waals surface area contributed by atoms with Crippen LogP contribution in [-0.4, -0.2) is 15.0 Å². The molecule has 0 fully saturated rings. The molecule has 0 saturated heterocycles. The third-order valence-corrected chi connectivity index (χ3v) is 3.39. The first-order chi connectivity index (χ1) is 8.61. The van der Waals surface area contributed by atoms with Crippen LogP contribution in [0.3, 0.4) is 0 Å². The Labute approximate surface area is 115 Å². The van der Waals surface area contributed by atoms with Crippen molar-refractivity contribution in [3.63, 3.8) is 0 Å². The minimum Gasteiger partial charge on any atom is -0.323 e. The van der Waals surface area contributed by atoms with Crippen molar-refractivity contribution in [3.05, 3.63) is 40.1 Å². The van der Waals surface area contributed by atoms with Crippen LogP contribution in [0.15, 0.2) is 28.9 Å². The summed E-state index contributed by atoms with van der Waals surface area (Å²) in [7, 11) is 0. The van der Waals surface area contributed by atoms with Gasteiger partial charge in [-0.25, -0.2) is 4.68 Å². The number of benzene rings is 1. The van der Waals surface area contributed by atoms with Gasteiger partial charge in [0.2, 0.25) is 0 Å². The van der Waals surface area contributed by atoms with Crippen molar-refractivity contribution in [3.8, 4) is 5.69 Å². The largest absolute Gasteiger partial charge is 0.323 e. The van der Waals surface area contributed by atoms with Gasteiger partial charge in [-0.2, -0.15) is 0 Å². The Morgan fingerprint density at radius 3 is 2.89 bits per heavy atom. The molecule has 1 heterocycles. The topological polar surface area (TPSA) is 56.7 Å². The van der Waals surface area contributed by atoms with Gasteiger partial charge in [-0.05, 0) is 37.1 Å². The van der Waals surface area contributed by atoms with E-state index < -0.39 is 0 Å². The van der Waals surface area contributed by atoms with Crippen LogP contribution in [0.1, 0.15) is 37.1 Å². The molecule has 2 N–H and O–H groups in total. The van der Waals surface area contributed by atoms with Crippen LogP contribution < -0.4 is 5.73 Å². The predicted octanol–water partition coefficient (Wildman–Crippen LogP) is 3.14. The van der Waals surface area contributed by atoms with E-state index in [-0.39, 0.29) is 6.04 Å². The van der Waals surface area contributed by atoms with E-state index in [1.165, 1.54) is 0 Å². The lowest BCUT2D eigenvalue weighted by molar-refractivity contribution is 0.619. The number of nitrogens with two attached hydrogens (primary N) is 1. The first-order valence-electron chi connectivity index (χ1n) is 6.06. The number of nitrogens with zero attached hydrogens (tertiary/aromatic N) is 3. The van der Waals surface area contributed by atoms with Gasteiger partial charge < -0.3 is 5.73 Å². The average Bonchev–Trinajstić information content (AvgIpc) is 2.78. The standard InChI is InChI=1S/C13H17BrN4/c1-3-4-11(15)12-8-18(17-16-12)13-6-5-10(14)7-9(13)2/h5-8,11H,3-4,15H2,1-2H3. The highest BCUT2D eigenvalue weighted by atomic mass is 79.9. The smallest absolute Gasteiger partial charge is 0.0998 e. The Bertz CT molecular complexity index is 536. The molecular formula is C13H17BrN4. The molecular weight excluding hydrogens is 292 g/mol. The molecule has 0 saturated carbocycles. The van der Waals surface area contributed by atoms with E-state index in [0.717, 1.165) is 34.3 Å². The van der Waals surface area contributed by atoms with E-state index in [9.17, 15) is 0 Å². The van der Waals surface area contributed by atoms with Crippen molar-refractivity contribution in [2.45, 2.75) is 32.7 Å². The number of halogens is 1. The maximum Gasteiger partial charge on any atom is 0.0998 e. The second-order valence-electron chi connectivity index (χ2n) is 4.41. The lowest BCUT2D eigenvalue weighted by Gasteiger charge is -2.06. The zero-order chi connectivity index (χ0) is 13.1. The number of hydrogen-bond donors (Lipinski definition) is 1. The van der Waals surface area contributed by atoms with E-state index in [0.29, 0.717) is 0 Å². The highest BCUT2D eigenvalue weighted by Gasteiger charge is 2.11. The molecule has 18 heavy (non-hydrogen) atoms. The molecule has 0 bridgehead atoms. The minimum absolute atomic E-state index is 0.0282. The number of hydrogen-bond acceptors (Lipinski definition) is 3. The molecule has 1 aromatic carbocycles. The van der Waals surface area contributed by atoms with E-state index in [1.54, 1.807) is 4.68 Å². The summed E-state index contributed by atoms with van der Waals surface area (Å²) in [6.45, 7) is 4.16. The SMILES string of the molecule is CCCC(N)c1cn(-c2ccc(Br)cc2C)nn1. The molecule has 0 amide bonds. The van der Waals surface area contributed by atoms with Crippen LogP contribution in [0.2, 0.25) is 0 Å². The third kappa shape index (κ3) is 2.79. The van der Waals surface area contributed by atoms with Crippen LogP contribution in [0.25, 0.3) is 5.69 Å². The molecule has 0 aliphatic rings. The molecule has 5 heteroatoms. The van der Waals surface area contributed by atoms with E-state index in [1.807, 2.05) is 25.3 Å². The van der Waals surface area contributed by atoms with E-state index >= 15 is 0 Å². The zero-order valence-electron chi connectivity index (χ0n) is 10.6. The van der Waals surface area contributed by atoms with Gasteiger partial charge in [-0.3, -0.25) is 0 Å². The van der Waals surface area contributed by atoms with Gasteiger partial charge in [0.05, 0.1) is 23.6 Å². The Balaban J connectivity index is 2.29. The summed E-state index contributed by atoms with van der Waals surface area (Å²) in [4.78, 5) is 0. The first kappa shape index (κ1) is 13.2. The maximum atomic E-state index is 6.04. The molecule has 2 rings (SSSR count). The fourth-order valence-electron chi connectivity index (χ4n) is 1.90. The summed E-state index contributed by atoms with van der Waals surface area (Å²) in [5.41, 5.74) is 9.05. The van der Waals surface area contributed by atoms with Crippen LogP contribution >= 0.6 is 15.9 Å². The summed E-state index contributed by atoms with van der Waals surface area (Å²) < 4.78 is 2.85. The molecule has 0 aliphatic heterocycles. The van der Waals surface area contributed by atoms with Crippen LogP contribution in [0.4, 0.5) is 0 Å². The fourth-order valence-corrected chi connectivity index (χ4v) is 2.37. The molecule has 1 atom stereocenters. The second kappa shape index (κ2) is 5.63. The monoisotopic (exact) mass is 308 g/mol. The van der Waals surface area contributed by atoms with Gasteiger partial charge in [-0.1, -0.05) is 34.5 Å². The van der Waals surface area contributed by atoms with E-state index in [4.69, 9.17) is 5.73 Å². The van der Waals surface area contributed by atoms with Gasteiger partial charge in [0, 0.05) is 4.47 Å². The summed E-state index contributed by atoms with van der Waals surface area (Å²) in [5.74, 6) is 0. The number of rotatable bonds is 4. The Morgan fingerprint density at radius 1 is 1.44 bits per heavy atom. The summed E-state index contributed by atoms with van der Waals surface area (Å²) in [5, 5.41) is 8.30. The highest BCUT2D eigenvalue weighted by molar-refractivity contribution is 9.10. The molecule has 0 spiro atoms. The Kier molecular flexibility index (Phi) is 4.14. The number of aromatic nitrogens is 3. The summed E-state index contributed by atoms with van der Waals surface area (Å²) in [6.07, 6.45) is 3.89. The zero-order valence-corrected chi connectivity index (χ0v) is 12.2. The third-order valence-electron chi connectivity index (χ3n) is 2.90. The van der Waals surface area contributed by atoms with E-state index in [2.05, 4.69) is 39.2 Å². The molecule has 0 radical (unpaired) electrons.